The number of aryl methyl sites for hydroxylation is 1. The summed E-state index contributed by atoms with van der Waals surface area (Å²) in [5, 5.41) is 3.32. The number of carbonyl (C=O) groups excluding carboxylic acids is 1. The fourth-order valence-corrected chi connectivity index (χ4v) is 3.10. The van der Waals surface area contributed by atoms with E-state index in [4.69, 9.17) is 4.74 Å². The van der Waals surface area contributed by atoms with Gasteiger partial charge < -0.3 is 9.64 Å². The van der Waals surface area contributed by atoms with Gasteiger partial charge in [-0.05, 0) is 25.8 Å². The van der Waals surface area contributed by atoms with Crippen molar-refractivity contribution in [3.63, 3.8) is 0 Å². The highest BCUT2D eigenvalue weighted by atomic mass is 16.5. The summed E-state index contributed by atoms with van der Waals surface area (Å²) in [6.45, 7) is 5.29. The Morgan fingerprint density at radius 1 is 1.42 bits per heavy atom. The molecular weight excluding hydrogens is 240 g/mol. The van der Waals surface area contributed by atoms with Gasteiger partial charge in [-0.1, -0.05) is 29.8 Å². The molecule has 0 saturated carbocycles. The molecule has 19 heavy (non-hydrogen) atoms. The lowest BCUT2D eigenvalue weighted by atomic mass is 10.1. The zero-order chi connectivity index (χ0) is 13.4. The second-order valence-electron chi connectivity index (χ2n) is 5.43. The van der Waals surface area contributed by atoms with E-state index in [1.54, 1.807) is 0 Å². The van der Waals surface area contributed by atoms with Crippen LogP contribution in [0.2, 0.25) is 0 Å². The molecule has 1 N–H and O–H groups in total. The van der Waals surface area contributed by atoms with Crippen LogP contribution >= 0.6 is 0 Å². The normalized spacial score (nSPS) is 31.2. The van der Waals surface area contributed by atoms with Crippen LogP contribution in [0.25, 0.3) is 0 Å². The van der Waals surface area contributed by atoms with Crippen LogP contribution in [0.15, 0.2) is 24.3 Å². The summed E-state index contributed by atoms with van der Waals surface area (Å²) in [5.41, 5.74) is 2.37. The highest BCUT2D eigenvalue weighted by molar-refractivity contribution is 5.81. The maximum atomic E-state index is 12.2. The maximum absolute atomic E-state index is 12.2. The lowest BCUT2D eigenvalue weighted by Crippen LogP contribution is -2.43. The van der Waals surface area contributed by atoms with Crippen molar-refractivity contribution in [2.45, 2.75) is 38.6 Å². The summed E-state index contributed by atoms with van der Waals surface area (Å²) in [5.74, 6) is 0.175. The predicted octanol–water partition coefficient (Wildman–Crippen LogP) is 1.60. The van der Waals surface area contributed by atoms with Crippen LogP contribution in [-0.4, -0.2) is 36.1 Å². The third-order valence-corrected chi connectivity index (χ3v) is 4.06. The number of amides is 1. The zero-order valence-corrected chi connectivity index (χ0v) is 11.4. The number of hydrogen-bond donors (Lipinski definition) is 1. The van der Waals surface area contributed by atoms with E-state index in [0.717, 1.165) is 18.6 Å². The zero-order valence-electron chi connectivity index (χ0n) is 11.4. The molecule has 1 amide bonds. The first kappa shape index (κ1) is 12.6. The second kappa shape index (κ2) is 4.94. The Hall–Kier alpha value is -1.39. The first-order valence-electron chi connectivity index (χ1n) is 6.89. The summed E-state index contributed by atoms with van der Waals surface area (Å²) in [6.07, 6.45) is 1.04. The van der Waals surface area contributed by atoms with Crippen molar-refractivity contribution in [1.82, 2.24) is 10.2 Å². The van der Waals surface area contributed by atoms with Gasteiger partial charge in [0.1, 0.15) is 6.17 Å². The first-order chi connectivity index (χ1) is 9.16. The summed E-state index contributed by atoms with van der Waals surface area (Å²) < 4.78 is 5.61. The molecule has 2 saturated heterocycles. The highest BCUT2D eigenvalue weighted by Gasteiger charge is 2.41. The van der Waals surface area contributed by atoms with Gasteiger partial charge >= 0.3 is 0 Å². The van der Waals surface area contributed by atoms with Gasteiger partial charge in [0.2, 0.25) is 5.91 Å². The summed E-state index contributed by atoms with van der Waals surface area (Å²) in [4.78, 5) is 14.2. The van der Waals surface area contributed by atoms with E-state index in [9.17, 15) is 4.79 Å². The molecule has 2 fully saturated rings. The van der Waals surface area contributed by atoms with Crippen molar-refractivity contribution in [2.75, 3.05) is 13.2 Å². The minimum Gasteiger partial charge on any atom is -0.376 e. The van der Waals surface area contributed by atoms with Crippen molar-refractivity contribution in [3.05, 3.63) is 35.4 Å². The molecule has 3 rings (SSSR count). The van der Waals surface area contributed by atoms with Gasteiger partial charge in [-0.25, -0.2) is 0 Å². The molecule has 1 aromatic carbocycles. The molecule has 2 heterocycles. The van der Waals surface area contributed by atoms with Crippen molar-refractivity contribution < 1.29 is 9.53 Å². The molecule has 3 unspecified atom stereocenters. The molecule has 1 aromatic rings. The van der Waals surface area contributed by atoms with Gasteiger partial charge in [0, 0.05) is 6.61 Å². The molecule has 2 aliphatic heterocycles. The Labute approximate surface area is 113 Å². The molecule has 0 bridgehead atoms. The SMILES string of the molecule is Cc1cccc(C2NCC(=O)N2C2CCOC2C)c1. The molecule has 0 spiro atoms. The van der Waals surface area contributed by atoms with Crippen LogP contribution in [-0.2, 0) is 9.53 Å². The largest absolute Gasteiger partial charge is 0.376 e. The fraction of sp³-hybridized carbons (Fsp3) is 0.533. The number of hydrogen-bond acceptors (Lipinski definition) is 3. The van der Waals surface area contributed by atoms with E-state index in [-0.39, 0.29) is 24.2 Å². The van der Waals surface area contributed by atoms with Crippen LogP contribution in [0, 0.1) is 6.92 Å². The predicted molar refractivity (Wildman–Crippen MR) is 72.6 cm³/mol. The van der Waals surface area contributed by atoms with E-state index in [1.807, 2.05) is 11.0 Å². The van der Waals surface area contributed by atoms with Crippen LogP contribution in [0.4, 0.5) is 0 Å². The summed E-state index contributed by atoms with van der Waals surface area (Å²) >= 11 is 0. The molecule has 4 heteroatoms. The summed E-state index contributed by atoms with van der Waals surface area (Å²) in [7, 11) is 0. The van der Waals surface area contributed by atoms with Crippen LogP contribution < -0.4 is 5.32 Å². The minimum absolute atomic E-state index is 0.0125. The molecule has 4 nitrogen and oxygen atoms in total. The van der Waals surface area contributed by atoms with Gasteiger partial charge in [-0.15, -0.1) is 0 Å². The molecule has 2 aliphatic rings. The number of carbonyl (C=O) groups is 1. The Balaban J connectivity index is 1.90. The Morgan fingerprint density at radius 3 is 2.95 bits per heavy atom. The van der Waals surface area contributed by atoms with Crippen LogP contribution in [0.1, 0.15) is 30.6 Å². The lowest BCUT2D eigenvalue weighted by molar-refractivity contribution is -0.131. The molecule has 3 atom stereocenters. The Morgan fingerprint density at radius 2 is 2.26 bits per heavy atom. The fourth-order valence-electron chi connectivity index (χ4n) is 3.10. The van der Waals surface area contributed by atoms with Crippen molar-refractivity contribution in [2.24, 2.45) is 0 Å². The van der Waals surface area contributed by atoms with E-state index < -0.39 is 0 Å². The molecule has 0 aliphatic carbocycles. The molecule has 102 valence electrons. The first-order valence-corrected chi connectivity index (χ1v) is 6.89. The van der Waals surface area contributed by atoms with Crippen molar-refractivity contribution in [3.8, 4) is 0 Å². The quantitative estimate of drug-likeness (QED) is 0.878. The minimum atomic E-state index is -0.0125. The molecule has 0 aromatic heterocycles. The number of ether oxygens (including phenoxy) is 1. The van der Waals surface area contributed by atoms with Gasteiger partial charge in [-0.2, -0.15) is 0 Å². The smallest absolute Gasteiger partial charge is 0.238 e. The van der Waals surface area contributed by atoms with E-state index >= 15 is 0 Å². The van der Waals surface area contributed by atoms with Crippen molar-refractivity contribution in [1.29, 1.82) is 0 Å². The molecule has 0 radical (unpaired) electrons. The number of rotatable bonds is 2. The van der Waals surface area contributed by atoms with Crippen LogP contribution in [0.3, 0.4) is 0 Å². The van der Waals surface area contributed by atoms with Gasteiger partial charge in [0.25, 0.3) is 0 Å². The Kier molecular flexibility index (Phi) is 3.29. The van der Waals surface area contributed by atoms with Gasteiger partial charge in [0.05, 0.1) is 18.7 Å². The average Bonchev–Trinajstić information content (AvgIpc) is 2.95. The average molecular weight is 260 g/mol. The second-order valence-corrected chi connectivity index (χ2v) is 5.43. The van der Waals surface area contributed by atoms with E-state index in [1.165, 1.54) is 5.56 Å². The van der Waals surface area contributed by atoms with E-state index in [0.29, 0.717) is 6.54 Å². The van der Waals surface area contributed by atoms with Crippen molar-refractivity contribution >= 4 is 5.91 Å². The highest BCUT2D eigenvalue weighted by Crippen LogP contribution is 2.30. The number of benzene rings is 1. The third kappa shape index (κ3) is 2.26. The number of nitrogens with zero attached hydrogens (tertiary/aromatic N) is 1. The van der Waals surface area contributed by atoms with E-state index in [2.05, 4.69) is 37.4 Å². The maximum Gasteiger partial charge on any atom is 0.238 e. The standard InChI is InChI=1S/C15H20N2O2/c1-10-4-3-5-12(8-10)15-16-9-14(18)17(15)13-6-7-19-11(13)2/h3-5,8,11,13,15-16H,6-7,9H2,1-2H3. The summed E-state index contributed by atoms with van der Waals surface area (Å²) in [6, 6.07) is 8.53. The third-order valence-electron chi connectivity index (χ3n) is 4.06. The lowest BCUT2D eigenvalue weighted by Gasteiger charge is -2.32. The van der Waals surface area contributed by atoms with Gasteiger partial charge in [-0.3, -0.25) is 10.1 Å². The number of nitrogens with one attached hydrogen (secondary N) is 1. The topological polar surface area (TPSA) is 41.6 Å². The van der Waals surface area contributed by atoms with Gasteiger partial charge in [0.15, 0.2) is 0 Å². The Bertz CT molecular complexity index is 489. The monoisotopic (exact) mass is 260 g/mol. The molecular formula is C15H20N2O2. The van der Waals surface area contributed by atoms with Crippen LogP contribution in [0.5, 0.6) is 0 Å².